The summed E-state index contributed by atoms with van der Waals surface area (Å²) in [5.74, 6) is -0.735. The van der Waals surface area contributed by atoms with Crippen molar-refractivity contribution in [3.05, 3.63) is 0 Å². The Balaban J connectivity index is 4.09. The molecule has 0 spiro atoms. The Labute approximate surface area is 79.1 Å². The van der Waals surface area contributed by atoms with Gasteiger partial charge in [0.2, 0.25) is 0 Å². The first-order chi connectivity index (χ1) is 4.39. The van der Waals surface area contributed by atoms with Crippen LogP contribution in [0.5, 0.6) is 0 Å². The lowest BCUT2D eigenvalue weighted by Crippen LogP contribution is -2.32. The Morgan fingerprint density at radius 3 is 2.00 bits per heavy atom. The predicted octanol–water partition coefficient (Wildman–Crippen LogP) is 2.36. The molecule has 0 aromatic heterocycles. The van der Waals surface area contributed by atoms with Gasteiger partial charge in [0.1, 0.15) is 0 Å². The normalized spacial score (nSPS) is 11.3. The second-order valence-corrected chi connectivity index (χ2v) is 4.17. The molecular weight excluding hydrogens is 220 g/mol. The molecule has 10 heavy (non-hydrogen) atoms. The summed E-state index contributed by atoms with van der Waals surface area (Å²) in [5.41, 5.74) is 0. The smallest absolute Gasteiger partial charge is 0.269 e. The first-order valence-electron chi connectivity index (χ1n) is 2.44. The van der Waals surface area contributed by atoms with Crippen LogP contribution in [0.15, 0.2) is 0 Å². The summed E-state index contributed by atoms with van der Waals surface area (Å²) in [7, 11) is 0. The van der Waals surface area contributed by atoms with E-state index in [4.69, 9.17) is 46.6 Å². The molecule has 0 N–H and O–H groups in total. The van der Waals surface area contributed by atoms with Crippen LogP contribution < -0.4 is 0 Å². The second kappa shape index (κ2) is 3.86. The van der Waals surface area contributed by atoms with Crippen LogP contribution in [-0.4, -0.2) is 20.7 Å². The van der Waals surface area contributed by atoms with Crippen molar-refractivity contribution >= 4 is 52.5 Å². The number of carbonyl (C=O) groups excluding carboxylic acids is 1. The molecule has 2 nitrogen and oxygen atoms in total. The van der Waals surface area contributed by atoms with E-state index in [0.717, 1.165) is 4.42 Å². The summed E-state index contributed by atoms with van der Waals surface area (Å²) in [6.45, 7) is 1.97. The van der Waals surface area contributed by atoms with Gasteiger partial charge in [-0.25, -0.2) is 0 Å². The minimum atomic E-state index is -1.95. The number of nitrogens with zero attached hydrogens (tertiary/aromatic N) is 1. The molecule has 1 amide bonds. The number of alkyl halides is 3. The number of rotatable bonds is 1. The third-order valence-corrected chi connectivity index (χ3v) is 1.62. The highest BCUT2D eigenvalue weighted by Gasteiger charge is 2.33. The molecule has 0 aliphatic heterocycles. The first kappa shape index (κ1) is 10.6. The molecule has 0 rings (SSSR count). The topological polar surface area (TPSA) is 20.3 Å². The van der Waals surface area contributed by atoms with E-state index in [9.17, 15) is 4.79 Å². The van der Waals surface area contributed by atoms with Gasteiger partial charge in [-0.15, -0.1) is 0 Å². The monoisotopic (exact) mass is 223 g/mol. The van der Waals surface area contributed by atoms with Crippen LogP contribution in [0.2, 0.25) is 0 Å². The number of hydrogen-bond acceptors (Lipinski definition) is 1. The molecule has 0 aromatic carbocycles. The fourth-order valence-corrected chi connectivity index (χ4v) is 0.844. The van der Waals surface area contributed by atoms with E-state index in [1.807, 2.05) is 0 Å². The van der Waals surface area contributed by atoms with Crippen molar-refractivity contribution < 1.29 is 4.79 Å². The molecule has 0 aliphatic carbocycles. The average Bonchev–Trinajstić information content (AvgIpc) is 1.83. The molecule has 0 heterocycles. The van der Waals surface area contributed by atoms with Gasteiger partial charge in [-0.3, -0.25) is 9.21 Å². The zero-order valence-electron chi connectivity index (χ0n) is 5.07. The molecule has 0 saturated carbocycles. The summed E-state index contributed by atoms with van der Waals surface area (Å²) >= 11 is 21.0. The molecule has 0 fully saturated rings. The third-order valence-electron chi connectivity index (χ3n) is 0.741. The highest BCUT2D eigenvalue weighted by molar-refractivity contribution is 6.76. The van der Waals surface area contributed by atoms with Gasteiger partial charge in [0.15, 0.2) is 0 Å². The van der Waals surface area contributed by atoms with Crippen molar-refractivity contribution in [1.29, 1.82) is 0 Å². The van der Waals surface area contributed by atoms with Crippen molar-refractivity contribution in [1.82, 2.24) is 4.42 Å². The summed E-state index contributed by atoms with van der Waals surface area (Å²) in [4.78, 5) is 10.8. The van der Waals surface area contributed by atoms with E-state index >= 15 is 0 Å². The summed E-state index contributed by atoms with van der Waals surface area (Å²) in [6.07, 6.45) is 0. The third kappa shape index (κ3) is 3.15. The van der Waals surface area contributed by atoms with Crippen molar-refractivity contribution in [3.63, 3.8) is 0 Å². The highest BCUT2D eigenvalue weighted by atomic mass is 35.6. The maximum atomic E-state index is 10.8. The Morgan fingerprint density at radius 2 is 1.90 bits per heavy atom. The molecule has 0 unspecified atom stereocenters. The van der Waals surface area contributed by atoms with Crippen LogP contribution in [-0.2, 0) is 4.79 Å². The van der Waals surface area contributed by atoms with Gasteiger partial charge in [0, 0.05) is 18.3 Å². The quantitative estimate of drug-likeness (QED) is 0.495. The van der Waals surface area contributed by atoms with Crippen LogP contribution in [0.4, 0.5) is 0 Å². The Bertz CT molecular complexity index is 132. The molecule has 0 aromatic rings. The Kier molecular flexibility index (Phi) is 4.10. The molecule has 0 radical (unpaired) electrons. The largest absolute Gasteiger partial charge is 0.289 e. The van der Waals surface area contributed by atoms with E-state index in [0.29, 0.717) is 6.54 Å². The minimum Gasteiger partial charge on any atom is -0.269 e. The molecule has 0 bridgehead atoms. The number of hydrogen-bond donors (Lipinski definition) is 0. The lowest BCUT2D eigenvalue weighted by atomic mass is 10.6. The summed E-state index contributed by atoms with van der Waals surface area (Å²) in [6, 6.07) is 0. The van der Waals surface area contributed by atoms with Crippen molar-refractivity contribution in [3.8, 4) is 0 Å². The van der Waals surface area contributed by atoms with Crippen LogP contribution in [0.1, 0.15) is 6.92 Å². The first-order valence-corrected chi connectivity index (χ1v) is 3.91. The van der Waals surface area contributed by atoms with Crippen molar-refractivity contribution in [2.24, 2.45) is 0 Å². The highest BCUT2D eigenvalue weighted by Crippen LogP contribution is 2.28. The van der Waals surface area contributed by atoms with Crippen LogP contribution >= 0.6 is 46.6 Å². The molecule has 0 atom stereocenters. The molecule has 0 aliphatic rings. The standard InChI is InChI=1S/C4H5Cl4NO/c1-2-9(8)3(10)4(5,6)7/h2H2,1H3. The minimum absolute atomic E-state index is 0.300. The van der Waals surface area contributed by atoms with E-state index in [2.05, 4.69) is 0 Å². The van der Waals surface area contributed by atoms with E-state index in [-0.39, 0.29) is 0 Å². The molecule has 0 saturated heterocycles. The molecule has 60 valence electrons. The lowest BCUT2D eigenvalue weighted by molar-refractivity contribution is -0.125. The molecular formula is C4H5Cl4NO. The van der Waals surface area contributed by atoms with Crippen molar-refractivity contribution in [2.45, 2.75) is 10.7 Å². The summed E-state index contributed by atoms with van der Waals surface area (Å²) in [5, 5.41) is 0. The fraction of sp³-hybridized carbons (Fsp3) is 0.750. The number of carbonyl (C=O) groups is 1. The van der Waals surface area contributed by atoms with Gasteiger partial charge in [-0.05, 0) is 6.92 Å². The van der Waals surface area contributed by atoms with Gasteiger partial charge >= 0.3 is 0 Å². The second-order valence-electron chi connectivity index (χ2n) is 1.48. The number of amides is 1. The van der Waals surface area contributed by atoms with Gasteiger partial charge in [0.25, 0.3) is 9.70 Å². The van der Waals surface area contributed by atoms with Crippen LogP contribution in [0.25, 0.3) is 0 Å². The van der Waals surface area contributed by atoms with Gasteiger partial charge in [-0.2, -0.15) is 0 Å². The zero-order chi connectivity index (χ0) is 8.36. The van der Waals surface area contributed by atoms with E-state index < -0.39 is 9.70 Å². The summed E-state index contributed by atoms with van der Waals surface area (Å²) < 4.78 is -1.13. The lowest BCUT2D eigenvalue weighted by Gasteiger charge is -2.15. The van der Waals surface area contributed by atoms with E-state index in [1.54, 1.807) is 6.92 Å². The van der Waals surface area contributed by atoms with Gasteiger partial charge < -0.3 is 0 Å². The van der Waals surface area contributed by atoms with Crippen molar-refractivity contribution in [2.75, 3.05) is 6.54 Å². The van der Waals surface area contributed by atoms with Crippen LogP contribution in [0, 0.1) is 0 Å². The van der Waals surface area contributed by atoms with E-state index in [1.165, 1.54) is 0 Å². The van der Waals surface area contributed by atoms with Crippen LogP contribution in [0.3, 0.4) is 0 Å². The Hall–Kier alpha value is 0.630. The van der Waals surface area contributed by atoms with Gasteiger partial charge in [0.05, 0.1) is 0 Å². The predicted molar refractivity (Wildman–Crippen MR) is 43.5 cm³/mol. The van der Waals surface area contributed by atoms with Gasteiger partial charge in [-0.1, -0.05) is 34.8 Å². The maximum absolute atomic E-state index is 10.8. The number of halogens is 4. The average molecular weight is 225 g/mol. The zero-order valence-corrected chi connectivity index (χ0v) is 8.10. The maximum Gasteiger partial charge on any atom is 0.289 e. The molecule has 6 heteroatoms. The SMILES string of the molecule is CCN(Cl)C(=O)C(Cl)(Cl)Cl. The Morgan fingerprint density at radius 1 is 1.50 bits per heavy atom. The fourth-order valence-electron chi connectivity index (χ4n) is 0.281.